The summed E-state index contributed by atoms with van der Waals surface area (Å²) in [5.74, 6) is 0. The molecule has 0 saturated carbocycles. The average molecular weight is 270 g/mol. The summed E-state index contributed by atoms with van der Waals surface area (Å²) in [5, 5.41) is 14.2. The molecule has 0 unspecified atom stereocenters. The van der Waals surface area contributed by atoms with Crippen molar-refractivity contribution in [2.24, 2.45) is 10.3 Å². The zero-order chi connectivity index (χ0) is 13.2. The van der Waals surface area contributed by atoms with E-state index < -0.39 is 10.0 Å². The fourth-order valence-electron chi connectivity index (χ4n) is 1.88. The van der Waals surface area contributed by atoms with Crippen LogP contribution >= 0.6 is 0 Å². The number of nitroso groups, excluding NO2 is 1. The minimum atomic E-state index is -3.82. The molecule has 8 heteroatoms. The quantitative estimate of drug-likeness (QED) is 0.690. The molecule has 1 saturated heterocycles. The van der Waals surface area contributed by atoms with Gasteiger partial charge in [-0.2, -0.15) is 0 Å². The summed E-state index contributed by atoms with van der Waals surface area (Å²) in [4.78, 5) is 10.6. The Kier molecular flexibility index (Phi) is 3.60. The van der Waals surface area contributed by atoms with Gasteiger partial charge in [-0.15, -0.1) is 4.91 Å². The molecule has 0 aromatic heterocycles. The maximum atomic E-state index is 11.2. The van der Waals surface area contributed by atoms with Gasteiger partial charge in [0.2, 0.25) is 10.0 Å². The van der Waals surface area contributed by atoms with Crippen LogP contribution in [0.15, 0.2) is 28.3 Å². The van der Waals surface area contributed by atoms with Crippen molar-refractivity contribution in [1.29, 1.82) is 0 Å². The number of rotatable bonds is 4. The number of hydrogen-bond donors (Lipinski definition) is 3. The maximum absolute atomic E-state index is 11.2. The van der Waals surface area contributed by atoms with E-state index in [1.807, 2.05) is 0 Å². The molecule has 0 spiro atoms. The lowest BCUT2D eigenvalue weighted by atomic mass is 10.2. The summed E-state index contributed by atoms with van der Waals surface area (Å²) in [6, 6.07) is 4.25. The van der Waals surface area contributed by atoms with Crippen LogP contribution in [0.1, 0.15) is 6.42 Å². The van der Waals surface area contributed by atoms with E-state index in [-0.39, 0.29) is 16.6 Å². The van der Waals surface area contributed by atoms with Crippen molar-refractivity contribution in [1.82, 2.24) is 5.32 Å². The highest BCUT2D eigenvalue weighted by atomic mass is 32.2. The number of primary sulfonamides is 1. The number of nitrogens with zero attached hydrogens (tertiary/aromatic N) is 1. The van der Waals surface area contributed by atoms with Gasteiger partial charge in [-0.25, -0.2) is 13.6 Å². The van der Waals surface area contributed by atoms with E-state index in [0.29, 0.717) is 5.69 Å². The minimum Gasteiger partial charge on any atom is -0.379 e. The molecule has 4 N–H and O–H groups in total. The Morgan fingerprint density at radius 3 is 2.78 bits per heavy atom. The van der Waals surface area contributed by atoms with Gasteiger partial charge in [-0.3, -0.25) is 0 Å². The van der Waals surface area contributed by atoms with Crippen molar-refractivity contribution in [3.05, 3.63) is 23.1 Å². The second kappa shape index (κ2) is 5.01. The lowest BCUT2D eigenvalue weighted by Gasteiger charge is -2.14. The standard InChI is InChI=1S/C10H14N4O3S/c11-18(16,17)8-1-2-9(10(5-8)14-15)13-7-3-4-12-6-7/h1-2,5,7,12-13H,3-4,6H2,(H2,11,16,17)/t7-/m1/s1. The zero-order valence-corrected chi connectivity index (χ0v) is 10.4. The fourth-order valence-corrected chi connectivity index (χ4v) is 2.42. The van der Waals surface area contributed by atoms with Gasteiger partial charge in [0.15, 0.2) is 0 Å². The van der Waals surface area contributed by atoms with Gasteiger partial charge in [0.25, 0.3) is 0 Å². The molecule has 2 rings (SSSR count). The number of benzene rings is 1. The van der Waals surface area contributed by atoms with Crippen LogP contribution in [-0.4, -0.2) is 27.5 Å². The smallest absolute Gasteiger partial charge is 0.238 e. The number of sulfonamides is 1. The molecule has 1 heterocycles. The van der Waals surface area contributed by atoms with Gasteiger partial charge >= 0.3 is 0 Å². The summed E-state index contributed by atoms with van der Waals surface area (Å²) in [7, 11) is -3.82. The Morgan fingerprint density at radius 2 is 2.22 bits per heavy atom. The molecule has 0 radical (unpaired) electrons. The summed E-state index contributed by atoms with van der Waals surface area (Å²) in [6.45, 7) is 1.71. The molecule has 98 valence electrons. The highest BCUT2D eigenvalue weighted by molar-refractivity contribution is 7.89. The Hall–Kier alpha value is -1.51. The van der Waals surface area contributed by atoms with Crippen molar-refractivity contribution in [3.8, 4) is 0 Å². The molecule has 1 aliphatic heterocycles. The molecular formula is C10H14N4O3S. The van der Waals surface area contributed by atoms with E-state index in [4.69, 9.17) is 5.14 Å². The van der Waals surface area contributed by atoms with Crippen molar-refractivity contribution < 1.29 is 8.42 Å². The van der Waals surface area contributed by atoms with Crippen molar-refractivity contribution in [3.63, 3.8) is 0 Å². The maximum Gasteiger partial charge on any atom is 0.238 e. The molecule has 1 atom stereocenters. The van der Waals surface area contributed by atoms with Crippen molar-refractivity contribution >= 4 is 21.4 Å². The van der Waals surface area contributed by atoms with Crippen LogP contribution in [0.2, 0.25) is 0 Å². The molecular weight excluding hydrogens is 256 g/mol. The van der Waals surface area contributed by atoms with E-state index in [2.05, 4.69) is 15.8 Å². The molecule has 7 nitrogen and oxygen atoms in total. The number of anilines is 1. The number of hydrogen-bond acceptors (Lipinski definition) is 6. The summed E-state index contributed by atoms with van der Waals surface area (Å²) in [6.07, 6.45) is 0.940. The fraction of sp³-hybridized carbons (Fsp3) is 0.400. The highest BCUT2D eigenvalue weighted by Crippen LogP contribution is 2.28. The first-order chi connectivity index (χ1) is 8.50. The molecule has 18 heavy (non-hydrogen) atoms. The first-order valence-electron chi connectivity index (χ1n) is 5.48. The van der Waals surface area contributed by atoms with Crippen LogP contribution in [0.4, 0.5) is 11.4 Å². The Labute approximate surface area is 105 Å². The zero-order valence-electron chi connectivity index (χ0n) is 9.59. The monoisotopic (exact) mass is 270 g/mol. The van der Waals surface area contributed by atoms with E-state index >= 15 is 0 Å². The predicted octanol–water partition coefficient (Wildman–Crippen LogP) is 0.506. The topological polar surface area (TPSA) is 114 Å². The van der Waals surface area contributed by atoms with Crippen molar-refractivity contribution in [2.75, 3.05) is 18.4 Å². The first-order valence-corrected chi connectivity index (χ1v) is 7.03. The average Bonchev–Trinajstić information content (AvgIpc) is 2.81. The van der Waals surface area contributed by atoms with Gasteiger partial charge in [0.05, 0.1) is 10.6 Å². The van der Waals surface area contributed by atoms with Gasteiger partial charge in [0, 0.05) is 12.6 Å². The Balaban J connectivity index is 2.28. The summed E-state index contributed by atoms with van der Waals surface area (Å²) >= 11 is 0. The van der Waals surface area contributed by atoms with E-state index in [1.54, 1.807) is 0 Å². The SMILES string of the molecule is NS(=O)(=O)c1ccc(N[C@@H]2CCNC2)c(N=O)c1. The van der Waals surface area contributed by atoms with Gasteiger partial charge in [-0.1, -0.05) is 0 Å². The van der Waals surface area contributed by atoms with Gasteiger partial charge in [-0.05, 0) is 36.3 Å². The van der Waals surface area contributed by atoms with Crippen LogP contribution in [-0.2, 0) is 10.0 Å². The summed E-state index contributed by atoms with van der Waals surface area (Å²) < 4.78 is 22.3. The Bertz CT molecular complexity index is 552. The van der Waals surface area contributed by atoms with E-state index in [9.17, 15) is 13.3 Å². The third kappa shape index (κ3) is 2.84. The largest absolute Gasteiger partial charge is 0.379 e. The lowest BCUT2D eigenvalue weighted by Crippen LogP contribution is -2.22. The molecule has 1 fully saturated rings. The third-order valence-electron chi connectivity index (χ3n) is 2.82. The van der Waals surface area contributed by atoms with Crippen LogP contribution < -0.4 is 15.8 Å². The molecule has 0 bridgehead atoms. The molecule has 0 amide bonds. The van der Waals surface area contributed by atoms with Crippen LogP contribution in [0.3, 0.4) is 0 Å². The van der Waals surface area contributed by atoms with Gasteiger partial charge in [0.1, 0.15) is 5.69 Å². The molecule has 1 aromatic carbocycles. The minimum absolute atomic E-state index is 0.0495. The van der Waals surface area contributed by atoms with Crippen LogP contribution in [0.5, 0.6) is 0 Å². The third-order valence-corrected chi connectivity index (χ3v) is 3.73. The van der Waals surface area contributed by atoms with Crippen molar-refractivity contribution in [2.45, 2.75) is 17.4 Å². The lowest BCUT2D eigenvalue weighted by molar-refractivity contribution is 0.598. The number of nitrogens with one attached hydrogen (secondary N) is 2. The second-order valence-electron chi connectivity index (χ2n) is 4.15. The van der Waals surface area contributed by atoms with E-state index in [1.165, 1.54) is 18.2 Å². The Morgan fingerprint density at radius 1 is 1.44 bits per heavy atom. The van der Waals surface area contributed by atoms with Crippen LogP contribution in [0, 0.1) is 4.91 Å². The number of nitrogens with two attached hydrogens (primary N) is 1. The van der Waals surface area contributed by atoms with E-state index in [0.717, 1.165) is 19.5 Å². The first kappa shape index (κ1) is 12.9. The molecule has 1 aliphatic rings. The predicted molar refractivity (Wildman–Crippen MR) is 68.2 cm³/mol. The summed E-state index contributed by atoms with van der Waals surface area (Å²) in [5.41, 5.74) is 0.569. The van der Waals surface area contributed by atoms with Crippen LogP contribution in [0.25, 0.3) is 0 Å². The normalized spacial score (nSPS) is 19.7. The molecule has 0 aliphatic carbocycles. The van der Waals surface area contributed by atoms with Gasteiger partial charge < -0.3 is 10.6 Å². The molecule has 1 aromatic rings. The second-order valence-corrected chi connectivity index (χ2v) is 5.71. The highest BCUT2D eigenvalue weighted by Gasteiger charge is 2.17.